The Bertz CT molecular complexity index is 1220. The Labute approximate surface area is 226 Å². The molecular formula is C27H35N5O7. The van der Waals surface area contributed by atoms with E-state index >= 15 is 0 Å². The minimum atomic E-state index is -1.13. The third-order valence-electron chi connectivity index (χ3n) is 5.50. The summed E-state index contributed by atoms with van der Waals surface area (Å²) < 4.78 is 5.06. The lowest BCUT2D eigenvalue weighted by Gasteiger charge is -2.23. The van der Waals surface area contributed by atoms with Crippen LogP contribution in [0.5, 0.6) is 5.75 Å². The molecule has 12 nitrogen and oxygen atoms in total. The summed E-state index contributed by atoms with van der Waals surface area (Å²) in [6, 6.07) is 10.6. The van der Waals surface area contributed by atoms with Gasteiger partial charge in [0, 0.05) is 18.5 Å². The van der Waals surface area contributed by atoms with Gasteiger partial charge in [-0.2, -0.15) is 10.1 Å². The number of azo groups is 1. The number of nitrogens with one attached hydrogen (secondary N) is 1. The molecule has 0 fully saturated rings. The van der Waals surface area contributed by atoms with Gasteiger partial charge in [0.05, 0.1) is 17.2 Å². The van der Waals surface area contributed by atoms with E-state index in [1.165, 1.54) is 30.3 Å². The molecule has 0 spiro atoms. The predicted molar refractivity (Wildman–Crippen MR) is 143 cm³/mol. The number of carbonyl (C=O) groups is 4. The average Bonchev–Trinajstić information content (AvgIpc) is 2.88. The van der Waals surface area contributed by atoms with Gasteiger partial charge in [0.15, 0.2) is 0 Å². The van der Waals surface area contributed by atoms with Crippen LogP contribution in [0.2, 0.25) is 0 Å². The number of unbranched alkanes of at least 4 members (excludes halogenated alkanes) is 2. The minimum Gasteiger partial charge on any atom is -0.508 e. The zero-order chi connectivity index (χ0) is 29.2. The van der Waals surface area contributed by atoms with Crippen molar-refractivity contribution in [1.29, 1.82) is 0 Å². The zero-order valence-electron chi connectivity index (χ0n) is 22.5. The van der Waals surface area contributed by atoms with E-state index in [0.717, 1.165) is 0 Å². The van der Waals surface area contributed by atoms with Crippen LogP contribution in [0, 0.1) is 0 Å². The molecule has 0 heterocycles. The van der Waals surface area contributed by atoms with Crippen LogP contribution in [0.4, 0.5) is 16.2 Å². The lowest BCUT2D eigenvalue weighted by Crippen LogP contribution is -2.45. The maximum absolute atomic E-state index is 12.7. The first kappa shape index (κ1) is 30.9. The molecule has 2 aromatic carbocycles. The van der Waals surface area contributed by atoms with E-state index in [-0.39, 0.29) is 29.3 Å². The van der Waals surface area contributed by atoms with Crippen LogP contribution in [0.3, 0.4) is 0 Å². The van der Waals surface area contributed by atoms with Crippen molar-refractivity contribution in [2.75, 3.05) is 6.54 Å². The van der Waals surface area contributed by atoms with Gasteiger partial charge in [0.25, 0.3) is 0 Å². The third-order valence-corrected chi connectivity index (χ3v) is 5.50. The number of nitrogens with zero attached hydrogens (tertiary/aromatic N) is 3. The van der Waals surface area contributed by atoms with E-state index in [1.54, 1.807) is 39.8 Å². The largest absolute Gasteiger partial charge is 0.508 e. The van der Waals surface area contributed by atoms with Gasteiger partial charge in [-0.1, -0.05) is 18.6 Å². The van der Waals surface area contributed by atoms with Crippen molar-refractivity contribution in [1.82, 2.24) is 10.3 Å². The molecule has 0 saturated carbocycles. The number of phenolic OH excluding ortho intramolecular Hbond substituents is 1. The number of hydrogen-bond acceptors (Lipinski definition) is 9. The van der Waals surface area contributed by atoms with E-state index < -0.39 is 29.5 Å². The minimum absolute atomic E-state index is 0.000702. The average molecular weight is 542 g/mol. The number of hydrazine groups is 1. The van der Waals surface area contributed by atoms with Crippen molar-refractivity contribution in [3.63, 3.8) is 0 Å². The lowest BCUT2D eigenvalue weighted by molar-refractivity contribution is -0.130. The Morgan fingerprint density at radius 1 is 1.05 bits per heavy atom. The van der Waals surface area contributed by atoms with Crippen LogP contribution in [-0.4, -0.2) is 51.2 Å². The Hall–Kier alpha value is -4.32. The summed E-state index contributed by atoms with van der Waals surface area (Å²) in [4.78, 5) is 47.9. The summed E-state index contributed by atoms with van der Waals surface area (Å²) in [5.74, 6) is 2.74. The molecule has 39 heavy (non-hydrogen) atoms. The maximum atomic E-state index is 12.7. The molecule has 0 aliphatic carbocycles. The van der Waals surface area contributed by atoms with E-state index in [9.17, 15) is 29.4 Å². The van der Waals surface area contributed by atoms with Gasteiger partial charge >= 0.3 is 12.1 Å². The fourth-order valence-electron chi connectivity index (χ4n) is 3.42. The molecule has 2 rings (SSSR count). The van der Waals surface area contributed by atoms with Crippen molar-refractivity contribution in [2.24, 2.45) is 16.1 Å². The van der Waals surface area contributed by atoms with E-state index in [1.807, 2.05) is 0 Å². The number of rotatable bonds is 11. The monoisotopic (exact) mass is 541 g/mol. The van der Waals surface area contributed by atoms with Crippen molar-refractivity contribution in [2.45, 2.75) is 64.9 Å². The fourth-order valence-corrected chi connectivity index (χ4v) is 3.42. The topological polar surface area (TPSA) is 184 Å². The number of hydrogen-bond donors (Lipinski definition) is 4. The molecule has 0 bridgehead atoms. The molecule has 0 radical (unpaired) electrons. The van der Waals surface area contributed by atoms with E-state index in [4.69, 9.17) is 10.6 Å². The smallest absolute Gasteiger partial charge is 0.431 e. The molecule has 3 amide bonds. The first-order chi connectivity index (χ1) is 18.3. The second kappa shape index (κ2) is 14.0. The zero-order valence-corrected chi connectivity index (χ0v) is 22.5. The number of carboxylic acids is 1. The molecule has 0 saturated heterocycles. The van der Waals surface area contributed by atoms with Crippen LogP contribution in [-0.2, 0) is 14.3 Å². The second-order valence-electron chi connectivity index (χ2n) is 9.83. The highest BCUT2D eigenvalue weighted by Crippen LogP contribution is 2.31. The molecule has 1 atom stereocenters. The number of benzene rings is 2. The van der Waals surface area contributed by atoms with Gasteiger partial charge in [-0.15, -0.1) is 5.11 Å². The molecule has 0 aliphatic rings. The molecule has 1 unspecified atom stereocenters. The summed E-state index contributed by atoms with van der Waals surface area (Å²) in [5, 5.41) is 30.9. The van der Waals surface area contributed by atoms with Crippen molar-refractivity contribution in [3.8, 4) is 5.75 Å². The predicted octanol–water partition coefficient (Wildman–Crippen LogP) is 4.92. The molecule has 5 N–H and O–H groups in total. The number of imide groups is 1. The van der Waals surface area contributed by atoms with Gasteiger partial charge < -0.3 is 20.3 Å². The second-order valence-corrected chi connectivity index (χ2v) is 9.83. The quantitative estimate of drug-likeness (QED) is 0.101. The van der Waals surface area contributed by atoms with Gasteiger partial charge in [-0.25, -0.2) is 15.4 Å². The Balaban J connectivity index is 1.85. The van der Waals surface area contributed by atoms with Crippen LogP contribution < -0.4 is 11.2 Å². The first-order valence-electron chi connectivity index (χ1n) is 12.5. The Kier molecular flexibility index (Phi) is 11.1. The summed E-state index contributed by atoms with van der Waals surface area (Å²) >= 11 is 0. The highest BCUT2D eigenvalue weighted by atomic mass is 16.6. The van der Waals surface area contributed by atoms with Gasteiger partial charge in [0.1, 0.15) is 17.0 Å². The number of phenols is 1. The number of carbonyl (C=O) groups excluding carboxylic acids is 3. The van der Waals surface area contributed by atoms with Crippen LogP contribution >= 0.6 is 0 Å². The standard InChI is InChI=1S/C27H35N5O7/c1-17(24(35)29-15-9-5-6-12-23(34)32(28)26(38)39-27(2,3)4)20-16-18(13-14-22(20)33)30-31-21-11-8-7-10-19(21)25(36)37/h7-8,10-11,13-14,16-17,33H,5-6,9,12,15,28H2,1-4H3,(H,29,35)(H,36,37). The number of ether oxygens (including phenoxy) is 1. The normalized spacial score (nSPS) is 12.1. The molecular weight excluding hydrogens is 506 g/mol. The van der Waals surface area contributed by atoms with Crippen molar-refractivity contribution >= 4 is 35.3 Å². The molecule has 2 aromatic rings. The molecule has 0 aromatic heterocycles. The molecule has 12 heteroatoms. The summed E-state index contributed by atoms with van der Waals surface area (Å²) in [5.41, 5.74) is 0.0940. The van der Waals surface area contributed by atoms with Crippen LogP contribution in [0.25, 0.3) is 0 Å². The first-order valence-corrected chi connectivity index (χ1v) is 12.5. The van der Waals surface area contributed by atoms with Crippen molar-refractivity contribution in [3.05, 3.63) is 53.6 Å². The van der Waals surface area contributed by atoms with Gasteiger partial charge in [0.2, 0.25) is 11.8 Å². The maximum Gasteiger partial charge on any atom is 0.431 e. The highest BCUT2D eigenvalue weighted by Gasteiger charge is 2.24. The summed E-state index contributed by atoms with van der Waals surface area (Å²) in [6.07, 6.45) is 0.826. The van der Waals surface area contributed by atoms with Gasteiger partial charge in [-0.3, -0.25) is 9.59 Å². The van der Waals surface area contributed by atoms with Crippen molar-refractivity contribution < 1.29 is 34.1 Å². The number of nitrogens with two attached hydrogens (primary N) is 1. The number of aromatic carboxylic acids is 1. The summed E-state index contributed by atoms with van der Waals surface area (Å²) in [7, 11) is 0. The van der Waals surface area contributed by atoms with Gasteiger partial charge in [-0.05, 0) is 70.9 Å². The third kappa shape index (κ3) is 9.82. The SMILES string of the molecule is CC(C(=O)NCCCCCC(=O)N(N)C(=O)OC(C)(C)C)c1cc(N=Nc2ccccc2C(=O)O)ccc1O. The highest BCUT2D eigenvalue weighted by molar-refractivity contribution is 5.93. The Morgan fingerprint density at radius 3 is 2.41 bits per heavy atom. The summed E-state index contributed by atoms with van der Waals surface area (Å²) in [6.45, 7) is 7.00. The fraction of sp³-hybridized carbons (Fsp3) is 0.407. The number of aromatic hydroxyl groups is 1. The number of amides is 3. The lowest BCUT2D eigenvalue weighted by atomic mass is 9.98. The van der Waals surface area contributed by atoms with Crippen LogP contribution in [0.15, 0.2) is 52.7 Å². The van der Waals surface area contributed by atoms with Crippen LogP contribution in [0.1, 0.15) is 75.2 Å². The van der Waals surface area contributed by atoms with E-state index in [2.05, 4.69) is 15.5 Å². The molecule has 0 aliphatic heterocycles. The van der Waals surface area contributed by atoms with E-state index in [0.29, 0.717) is 42.1 Å². The Morgan fingerprint density at radius 2 is 1.74 bits per heavy atom. The number of carboxylic acid groups (broad SMARTS) is 1. The molecule has 210 valence electrons.